The van der Waals surface area contributed by atoms with Gasteiger partial charge in [0.15, 0.2) is 0 Å². The molecule has 256 valence electrons. The summed E-state index contributed by atoms with van der Waals surface area (Å²) in [6, 6.07) is 17.4. The number of aliphatic carboxylic acids is 1. The fraction of sp³-hybridized carbons (Fsp3) is 0.500. The largest absolute Gasteiger partial charge is 0.480 e. The van der Waals surface area contributed by atoms with Crippen molar-refractivity contribution in [1.82, 2.24) is 26.2 Å². The molecule has 1 fully saturated rings. The van der Waals surface area contributed by atoms with Crippen molar-refractivity contribution in [2.75, 3.05) is 39.3 Å². The lowest BCUT2D eigenvalue weighted by Crippen LogP contribution is -2.59. The lowest BCUT2D eigenvalue weighted by Gasteiger charge is -2.37. The highest BCUT2D eigenvalue weighted by Gasteiger charge is 2.40. The Kier molecular flexibility index (Phi) is 14.8. The van der Waals surface area contributed by atoms with Crippen LogP contribution in [0.2, 0.25) is 0 Å². The molecule has 0 spiro atoms. The van der Waals surface area contributed by atoms with Crippen LogP contribution in [-0.4, -0.2) is 96.5 Å². The Hall–Kier alpha value is -4.33. The van der Waals surface area contributed by atoms with E-state index in [9.17, 15) is 29.1 Å². The number of amides is 4. The van der Waals surface area contributed by atoms with Gasteiger partial charge in [-0.1, -0.05) is 67.6 Å². The fourth-order valence-corrected chi connectivity index (χ4v) is 5.45. The van der Waals surface area contributed by atoms with Crippen molar-refractivity contribution < 1.29 is 29.1 Å². The lowest BCUT2D eigenvalue weighted by molar-refractivity contribution is -0.148. The van der Waals surface area contributed by atoms with Gasteiger partial charge in [-0.3, -0.25) is 24.0 Å². The number of carbonyl (C=O) groups is 5. The zero-order chi connectivity index (χ0) is 34.2. The zero-order valence-electron chi connectivity index (χ0n) is 27.1. The van der Waals surface area contributed by atoms with Gasteiger partial charge in [-0.2, -0.15) is 0 Å². The highest BCUT2D eigenvalue weighted by molar-refractivity contribution is 5.93. The highest BCUT2D eigenvalue weighted by Crippen LogP contribution is 2.21. The number of benzene rings is 2. The normalized spacial score (nSPS) is 15.9. The van der Waals surface area contributed by atoms with Crippen molar-refractivity contribution in [1.29, 1.82) is 0 Å². The third-order valence-electron chi connectivity index (χ3n) is 8.44. The molecule has 4 amide bonds. The Labute approximate surface area is 276 Å². The molecule has 1 saturated heterocycles. The van der Waals surface area contributed by atoms with Crippen LogP contribution in [0.3, 0.4) is 0 Å². The number of nitrogens with zero attached hydrogens (tertiary/aromatic N) is 1. The van der Waals surface area contributed by atoms with Crippen molar-refractivity contribution in [3.8, 4) is 0 Å². The van der Waals surface area contributed by atoms with Gasteiger partial charge in [0.2, 0.25) is 23.6 Å². The van der Waals surface area contributed by atoms with Crippen molar-refractivity contribution in [2.24, 2.45) is 11.5 Å². The molecule has 1 heterocycles. The first-order chi connectivity index (χ1) is 22.5. The zero-order valence-corrected chi connectivity index (χ0v) is 27.1. The minimum Gasteiger partial charge on any atom is -0.480 e. The third-order valence-corrected chi connectivity index (χ3v) is 8.44. The molecule has 2 aromatic carbocycles. The number of rotatable bonds is 18. The first-order valence-electron chi connectivity index (χ1n) is 16.2. The number of hydrogen-bond acceptors (Lipinski definition) is 8. The second-order valence-corrected chi connectivity index (χ2v) is 12.2. The van der Waals surface area contributed by atoms with Gasteiger partial charge in [0, 0.05) is 26.1 Å². The van der Waals surface area contributed by atoms with Crippen molar-refractivity contribution in [3.05, 3.63) is 71.8 Å². The molecule has 0 radical (unpaired) electrons. The monoisotopic (exact) mass is 651 g/mol. The topological polar surface area (TPSA) is 209 Å². The van der Waals surface area contributed by atoms with Crippen molar-refractivity contribution >= 4 is 29.6 Å². The molecule has 47 heavy (non-hydrogen) atoms. The molecule has 13 nitrogen and oxygen atoms in total. The highest BCUT2D eigenvalue weighted by atomic mass is 16.4. The summed E-state index contributed by atoms with van der Waals surface area (Å²) in [7, 11) is 0. The standard InChI is InChI=1S/C34H49N7O6/c1-24(26-12-6-3-7-13-26)21-37-22-29(42)40-28(20-25-10-4-2-5-11-25)31(44)38-23-30(43)39-27(14-8-9-17-35)32(45)41-18-15-34(36,16-19-41)33(46)47/h2-7,10-13,24,27-28,37H,8-9,14-23,35-36H2,1H3,(H,38,44)(H,39,43)(H,40,42)(H,46,47)/t24-,27+,28?/m0/s1. The number of carboxylic acid groups (broad SMARTS) is 1. The van der Waals surface area contributed by atoms with E-state index in [-0.39, 0.29) is 56.6 Å². The molecule has 0 saturated carbocycles. The van der Waals surface area contributed by atoms with Gasteiger partial charge in [-0.25, -0.2) is 0 Å². The molecule has 2 aromatic rings. The van der Waals surface area contributed by atoms with E-state index in [4.69, 9.17) is 11.5 Å². The number of carboxylic acids is 1. The summed E-state index contributed by atoms with van der Waals surface area (Å²) >= 11 is 0. The molecule has 0 aromatic heterocycles. The smallest absolute Gasteiger partial charge is 0.323 e. The molecule has 1 aliphatic rings. The van der Waals surface area contributed by atoms with Crippen LogP contribution in [-0.2, 0) is 30.4 Å². The van der Waals surface area contributed by atoms with Crippen LogP contribution in [0, 0.1) is 0 Å². The minimum absolute atomic E-state index is 0.0110. The van der Waals surface area contributed by atoms with E-state index in [1.54, 1.807) is 0 Å². The lowest BCUT2D eigenvalue weighted by atomic mass is 9.88. The number of piperidine rings is 1. The molecule has 13 heteroatoms. The minimum atomic E-state index is -1.39. The number of nitrogens with one attached hydrogen (secondary N) is 4. The van der Waals surface area contributed by atoms with Gasteiger partial charge in [-0.05, 0) is 55.7 Å². The summed E-state index contributed by atoms with van der Waals surface area (Å²) in [5, 5.41) is 20.7. The molecule has 1 unspecified atom stereocenters. The molecular formula is C34H49N7O6. The van der Waals surface area contributed by atoms with Crippen LogP contribution in [0.4, 0.5) is 0 Å². The van der Waals surface area contributed by atoms with E-state index in [0.29, 0.717) is 32.4 Å². The van der Waals surface area contributed by atoms with Gasteiger partial charge >= 0.3 is 5.97 Å². The molecule has 9 N–H and O–H groups in total. The van der Waals surface area contributed by atoms with E-state index in [0.717, 1.165) is 11.1 Å². The molecule has 3 rings (SSSR count). The average molecular weight is 652 g/mol. The van der Waals surface area contributed by atoms with E-state index in [1.165, 1.54) is 4.90 Å². The summed E-state index contributed by atoms with van der Waals surface area (Å²) < 4.78 is 0. The quantitative estimate of drug-likeness (QED) is 0.110. The van der Waals surface area contributed by atoms with Crippen LogP contribution in [0.15, 0.2) is 60.7 Å². The van der Waals surface area contributed by atoms with Gasteiger partial charge in [0.25, 0.3) is 0 Å². The van der Waals surface area contributed by atoms with E-state index < -0.39 is 42.0 Å². The van der Waals surface area contributed by atoms with Crippen LogP contribution in [0.1, 0.15) is 56.1 Å². The molecule has 0 bridgehead atoms. The number of carbonyl (C=O) groups excluding carboxylic acids is 4. The van der Waals surface area contributed by atoms with Crippen LogP contribution in [0.25, 0.3) is 0 Å². The first kappa shape index (κ1) is 37.1. The predicted molar refractivity (Wildman–Crippen MR) is 178 cm³/mol. The Morgan fingerprint density at radius 2 is 1.47 bits per heavy atom. The number of likely N-dealkylation sites (tertiary alicyclic amines) is 1. The average Bonchev–Trinajstić information content (AvgIpc) is 3.07. The second kappa shape index (κ2) is 18.7. The fourth-order valence-electron chi connectivity index (χ4n) is 5.45. The Morgan fingerprint density at radius 3 is 2.09 bits per heavy atom. The van der Waals surface area contributed by atoms with Gasteiger partial charge in [-0.15, -0.1) is 0 Å². The maximum absolute atomic E-state index is 13.3. The summed E-state index contributed by atoms with van der Waals surface area (Å²) in [6.07, 6.45) is 2.00. The molecule has 1 aliphatic heterocycles. The molecule has 3 atom stereocenters. The summed E-state index contributed by atoms with van der Waals surface area (Å²) in [5.41, 5.74) is 12.2. The number of unbranched alkanes of at least 4 members (excludes halogenated alkanes) is 1. The van der Waals surface area contributed by atoms with Crippen LogP contribution >= 0.6 is 0 Å². The summed E-state index contributed by atoms with van der Waals surface area (Å²) in [6.45, 7) is 2.98. The van der Waals surface area contributed by atoms with Gasteiger partial charge in [0.1, 0.15) is 17.6 Å². The Bertz CT molecular complexity index is 1320. The Morgan fingerprint density at radius 1 is 0.872 bits per heavy atom. The first-order valence-corrected chi connectivity index (χ1v) is 16.2. The second-order valence-electron chi connectivity index (χ2n) is 12.2. The van der Waals surface area contributed by atoms with Crippen molar-refractivity contribution in [3.63, 3.8) is 0 Å². The van der Waals surface area contributed by atoms with E-state index in [1.807, 2.05) is 60.7 Å². The molecular weight excluding hydrogens is 602 g/mol. The maximum atomic E-state index is 13.3. The van der Waals surface area contributed by atoms with Crippen LogP contribution in [0.5, 0.6) is 0 Å². The SMILES string of the molecule is C[C@@H](CNCC(=O)NC(Cc1ccccc1)C(=O)NCC(=O)N[C@H](CCCCN)C(=O)N1CCC(N)(C(=O)O)CC1)c1ccccc1. The van der Waals surface area contributed by atoms with Gasteiger partial charge in [0.05, 0.1) is 13.1 Å². The summed E-state index contributed by atoms with van der Waals surface area (Å²) in [4.78, 5) is 65.5. The van der Waals surface area contributed by atoms with E-state index >= 15 is 0 Å². The molecule has 0 aliphatic carbocycles. The third kappa shape index (κ3) is 12.1. The predicted octanol–water partition coefficient (Wildman–Crippen LogP) is 0.242. The van der Waals surface area contributed by atoms with Gasteiger partial charge < -0.3 is 42.7 Å². The maximum Gasteiger partial charge on any atom is 0.323 e. The van der Waals surface area contributed by atoms with Crippen LogP contribution < -0.4 is 32.7 Å². The number of hydrogen-bond donors (Lipinski definition) is 7. The number of nitrogens with two attached hydrogens (primary N) is 2. The Balaban J connectivity index is 1.56. The van der Waals surface area contributed by atoms with E-state index in [2.05, 4.69) is 28.2 Å². The summed E-state index contributed by atoms with van der Waals surface area (Å²) in [5.74, 6) is -2.72. The van der Waals surface area contributed by atoms with Crippen molar-refractivity contribution in [2.45, 2.75) is 69.0 Å².